The van der Waals surface area contributed by atoms with Crippen molar-refractivity contribution in [3.63, 3.8) is 0 Å². The second-order valence-corrected chi connectivity index (χ2v) is 5.14. The van der Waals surface area contributed by atoms with E-state index >= 15 is 0 Å². The number of benzene rings is 1. The van der Waals surface area contributed by atoms with Crippen molar-refractivity contribution in [3.8, 4) is 11.5 Å². The van der Waals surface area contributed by atoms with Crippen LogP contribution in [0.1, 0.15) is 37.8 Å². The Morgan fingerprint density at radius 3 is 2.78 bits per heavy atom. The molecule has 1 aromatic carbocycles. The van der Waals surface area contributed by atoms with Gasteiger partial charge in [-0.2, -0.15) is 0 Å². The van der Waals surface area contributed by atoms with Crippen molar-refractivity contribution >= 4 is 5.97 Å². The van der Waals surface area contributed by atoms with Gasteiger partial charge >= 0.3 is 5.97 Å². The van der Waals surface area contributed by atoms with Crippen LogP contribution in [-0.4, -0.2) is 13.1 Å². The first-order valence-electron chi connectivity index (χ1n) is 6.51. The molecule has 0 aliphatic carbocycles. The lowest BCUT2D eigenvalue weighted by atomic mass is 9.96. The second kappa shape index (κ2) is 5.42. The molecule has 0 N–H and O–H groups in total. The van der Waals surface area contributed by atoms with E-state index in [1.807, 2.05) is 12.1 Å². The zero-order valence-electron chi connectivity index (χ0n) is 11.3. The number of rotatable bonds is 4. The number of esters is 1. The Balaban J connectivity index is 2.36. The van der Waals surface area contributed by atoms with Gasteiger partial charge in [0, 0.05) is 5.56 Å². The third-order valence-electron chi connectivity index (χ3n) is 3.31. The van der Waals surface area contributed by atoms with E-state index in [0.29, 0.717) is 12.3 Å². The average Bonchev–Trinajstić information content (AvgIpc) is 2.35. The highest BCUT2D eigenvalue weighted by atomic mass is 16.5. The molecule has 0 aromatic heterocycles. The summed E-state index contributed by atoms with van der Waals surface area (Å²) in [5.41, 5.74) is 2.16. The summed E-state index contributed by atoms with van der Waals surface area (Å²) >= 11 is 0. The van der Waals surface area contributed by atoms with Gasteiger partial charge in [-0.1, -0.05) is 19.9 Å². The average molecular weight is 248 g/mol. The predicted molar refractivity (Wildman–Crippen MR) is 70.1 cm³/mol. The van der Waals surface area contributed by atoms with Gasteiger partial charge < -0.3 is 9.47 Å². The summed E-state index contributed by atoms with van der Waals surface area (Å²) in [7, 11) is 1.66. The first kappa shape index (κ1) is 12.9. The lowest BCUT2D eigenvalue weighted by Crippen LogP contribution is -2.17. The number of hydrogen-bond acceptors (Lipinski definition) is 3. The monoisotopic (exact) mass is 248 g/mol. The van der Waals surface area contributed by atoms with Gasteiger partial charge in [0.05, 0.1) is 13.5 Å². The lowest BCUT2D eigenvalue weighted by molar-refractivity contribution is -0.135. The SMILES string of the molecule is COc1ccc2c(c1CCC(C)C)OC(=O)CC2. The standard InChI is InChI=1S/C15H20O3/c1-10(2)4-7-12-13(17-3)8-5-11-6-9-14(16)18-15(11)12/h5,8,10H,4,6-7,9H2,1-3H3. The molecule has 1 heterocycles. The first-order valence-corrected chi connectivity index (χ1v) is 6.51. The van der Waals surface area contributed by atoms with Crippen LogP contribution in [0.4, 0.5) is 0 Å². The van der Waals surface area contributed by atoms with Crippen LogP contribution >= 0.6 is 0 Å². The van der Waals surface area contributed by atoms with E-state index in [1.165, 1.54) is 0 Å². The van der Waals surface area contributed by atoms with Crippen LogP contribution in [0.25, 0.3) is 0 Å². The normalized spacial score (nSPS) is 14.3. The molecule has 3 nitrogen and oxygen atoms in total. The summed E-state index contributed by atoms with van der Waals surface area (Å²) in [6.45, 7) is 4.38. The number of hydrogen-bond donors (Lipinski definition) is 0. The number of carbonyl (C=O) groups is 1. The van der Waals surface area contributed by atoms with Crippen LogP contribution in [0.15, 0.2) is 12.1 Å². The molecule has 0 radical (unpaired) electrons. The molecule has 0 spiro atoms. The number of methoxy groups -OCH3 is 1. The van der Waals surface area contributed by atoms with Gasteiger partial charge in [-0.05, 0) is 36.8 Å². The van der Waals surface area contributed by atoms with Crippen LogP contribution in [-0.2, 0) is 17.6 Å². The third kappa shape index (κ3) is 2.66. The van der Waals surface area contributed by atoms with Crippen molar-refractivity contribution in [2.75, 3.05) is 7.11 Å². The molecule has 0 amide bonds. The number of fused-ring (bicyclic) bond motifs is 1. The van der Waals surface area contributed by atoms with Crippen LogP contribution in [0.5, 0.6) is 11.5 Å². The zero-order chi connectivity index (χ0) is 13.1. The highest BCUT2D eigenvalue weighted by Crippen LogP contribution is 2.37. The van der Waals surface area contributed by atoms with Crippen molar-refractivity contribution in [2.24, 2.45) is 5.92 Å². The molecule has 0 saturated carbocycles. The van der Waals surface area contributed by atoms with E-state index in [2.05, 4.69) is 13.8 Å². The van der Waals surface area contributed by atoms with Crippen LogP contribution in [0.2, 0.25) is 0 Å². The van der Waals surface area contributed by atoms with Gasteiger partial charge in [-0.15, -0.1) is 0 Å². The van der Waals surface area contributed by atoms with E-state index < -0.39 is 0 Å². The minimum Gasteiger partial charge on any atom is -0.496 e. The number of carbonyl (C=O) groups excluding carboxylic acids is 1. The highest BCUT2D eigenvalue weighted by Gasteiger charge is 2.22. The van der Waals surface area contributed by atoms with Gasteiger partial charge in [0.1, 0.15) is 11.5 Å². The van der Waals surface area contributed by atoms with Crippen molar-refractivity contribution < 1.29 is 14.3 Å². The molecule has 0 fully saturated rings. The Hall–Kier alpha value is -1.51. The zero-order valence-corrected chi connectivity index (χ0v) is 11.3. The fourth-order valence-electron chi connectivity index (χ4n) is 2.24. The molecule has 1 aliphatic rings. The van der Waals surface area contributed by atoms with Crippen LogP contribution in [0, 0.1) is 5.92 Å². The summed E-state index contributed by atoms with van der Waals surface area (Å²) in [6, 6.07) is 3.98. The van der Waals surface area contributed by atoms with Crippen molar-refractivity contribution in [2.45, 2.75) is 39.5 Å². The van der Waals surface area contributed by atoms with Gasteiger partial charge in [-0.3, -0.25) is 4.79 Å². The van der Waals surface area contributed by atoms with Crippen molar-refractivity contribution in [1.82, 2.24) is 0 Å². The Morgan fingerprint density at radius 1 is 1.33 bits per heavy atom. The second-order valence-electron chi connectivity index (χ2n) is 5.14. The minimum atomic E-state index is -0.137. The Morgan fingerprint density at radius 2 is 2.11 bits per heavy atom. The smallest absolute Gasteiger partial charge is 0.311 e. The topological polar surface area (TPSA) is 35.5 Å². The summed E-state index contributed by atoms with van der Waals surface area (Å²) in [6.07, 6.45) is 3.19. The quantitative estimate of drug-likeness (QED) is 0.606. The predicted octanol–water partition coefficient (Wildman–Crippen LogP) is 3.14. The summed E-state index contributed by atoms with van der Waals surface area (Å²) in [4.78, 5) is 11.5. The van der Waals surface area contributed by atoms with Crippen molar-refractivity contribution in [3.05, 3.63) is 23.3 Å². The summed E-state index contributed by atoms with van der Waals surface area (Å²) in [5, 5.41) is 0. The first-order chi connectivity index (χ1) is 8.61. The van der Waals surface area contributed by atoms with E-state index in [-0.39, 0.29) is 5.97 Å². The summed E-state index contributed by atoms with van der Waals surface area (Å²) in [5.74, 6) is 2.04. The highest BCUT2D eigenvalue weighted by molar-refractivity contribution is 5.76. The molecule has 0 saturated heterocycles. The lowest BCUT2D eigenvalue weighted by Gasteiger charge is -2.21. The molecule has 98 valence electrons. The maximum Gasteiger partial charge on any atom is 0.311 e. The van der Waals surface area contributed by atoms with E-state index in [1.54, 1.807) is 7.11 Å². The molecule has 3 heteroatoms. The fourth-order valence-corrected chi connectivity index (χ4v) is 2.24. The number of aryl methyl sites for hydroxylation is 1. The molecular formula is C15H20O3. The molecule has 0 atom stereocenters. The number of ether oxygens (including phenoxy) is 2. The Bertz CT molecular complexity index is 449. The molecule has 1 aliphatic heterocycles. The molecule has 2 rings (SSSR count). The van der Waals surface area contributed by atoms with Gasteiger partial charge in [0.2, 0.25) is 0 Å². The maximum absolute atomic E-state index is 11.5. The van der Waals surface area contributed by atoms with Gasteiger partial charge in [0.15, 0.2) is 0 Å². The molecule has 0 unspecified atom stereocenters. The fraction of sp³-hybridized carbons (Fsp3) is 0.533. The molecular weight excluding hydrogens is 228 g/mol. The van der Waals surface area contributed by atoms with E-state index in [0.717, 1.165) is 41.9 Å². The van der Waals surface area contributed by atoms with Crippen LogP contribution in [0.3, 0.4) is 0 Å². The summed E-state index contributed by atoms with van der Waals surface area (Å²) < 4.78 is 10.8. The minimum absolute atomic E-state index is 0.137. The molecule has 18 heavy (non-hydrogen) atoms. The largest absolute Gasteiger partial charge is 0.496 e. The van der Waals surface area contributed by atoms with Gasteiger partial charge in [0.25, 0.3) is 0 Å². The maximum atomic E-state index is 11.5. The van der Waals surface area contributed by atoms with Crippen LogP contribution < -0.4 is 9.47 Å². The molecule has 1 aromatic rings. The van der Waals surface area contributed by atoms with Gasteiger partial charge in [-0.25, -0.2) is 0 Å². The van der Waals surface area contributed by atoms with Crippen molar-refractivity contribution in [1.29, 1.82) is 0 Å². The van der Waals surface area contributed by atoms with E-state index in [9.17, 15) is 4.79 Å². The molecule has 0 bridgehead atoms. The Labute approximate surface area is 108 Å². The third-order valence-corrected chi connectivity index (χ3v) is 3.31. The Kier molecular flexibility index (Phi) is 3.90. The van der Waals surface area contributed by atoms with E-state index in [4.69, 9.17) is 9.47 Å².